The molecule has 2 aliphatic heterocycles. The number of hydrogen-bond acceptors (Lipinski definition) is 4. The number of hydrogen-bond donors (Lipinski definition) is 1. The van der Waals surface area contributed by atoms with E-state index >= 15 is 0 Å². The molecule has 4 rings (SSSR count). The monoisotopic (exact) mass is 350 g/mol. The number of benzene rings is 2. The van der Waals surface area contributed by atoms with Crippen LogP contribution < -0.4 is 5.73 Å². The molecule has 2 aliphatic rings. The molecular weight excluding hydrogens is 324 g/mol. The molecule has 2 fully saturated rings. The van der Waals surface area contributed by atoms with Gasteiger partial charge in [0, 0.05) is 31.5 Å². The lowest BCUT2D eigenvalue weighted by atomic mass is 9.98. The van der Waals surface area contributed by atoms with Crippen LogP contribution in [0.3, 0.4) is 0 Å². The summed E-state index contributed by atoms with van der Waals surface area (Å²) in [5.41, 5.74) is 8.25. The van der Waals surface area contributed by atoms with Crippen LogP contribution in [-0.4, -0.2) is 29.1 Å². The number of carbonyl (C=O) groups is 1. The van der Waals surface area contributed by atoms with Crippen molar-refractivity contribution in [2.75, 3.05) is 0 Å². The Kier molecular flexibility index (Phi) is 5.05. The first-order valence-electron chi connectivity index (χ1n) is 9.51. The van der Waals surface area contributed by atoms with Gasteiger partial charge in [0.1, 0.15) is 12.1 Å². The van der Waals surface area contributed by atoms with E-state index in [0.29, 0.717) is 12.1 Å². The molecule has 0 saturated carbocycles. The number of ether oxygens (including phenoxy) is 1. The first-order valence-corrected chi connectivity index (χ1v) is 9.51. The highest BCUT2D eigenvalue weighted by atomic mass is 16.5. The van der Waals surface area contributed by atoms with Gasteiger partial charge >= 0.3 is 5.97 Å². The van der Waals surface area contributed by atoms with Crippen LogP contribution in [0, 0.1) is 0 Å². The van der Waals surface area contributed by atoms with E-state index in [1.165, 1.54) is 18.4 Å². The van der Waals surface area contributed by atoms with Crippen molar-refractivity contribution < 1.29 is 9.53 Å². The summed E-state index contributed by atoms with van der Waals surface area (Å²) < 4.78 is 5.80. The third kappa shape index (κ3) is 3.67. The van der Waals surface area contributed by atoms with E-state index in [1.807, 2.05) is 30.3 Å². The average molecular weight is 350 g/mol. The van der Waals surface area contributed by atoms with Gasteiger partial charge in [0.25, 0.3) is 0 Å². The molecule has 2 heterocycles. The molecule has 2 saturated heterocycles. The van der Waals surface area contributed by atoms with E-state index < -0.39 is 6.04 Å². The molecule has 26 heavy (non-hydrogen) atoms. The molecule has 4 heteroatoms. The minimum atomic E-state index is -0.698. The Morgan fingerprint density at radius 3 is 2.19 bits per heavy atom. The molecular formula is C22H26N2O2. The van der Waals surface area contributed by atoms with Crippen LogP contribution in [0.25, 0.3) is 0 Å². The Balaban J connectivity index is 1.36. The third-order valence-corrected chi connectivity index (χ3v) is 5.74. The highest BCUT2D eigenvalue weighted by molar-refractivity contribution is 5.77. The van der Waals surface area contributed by atoms with E-state index in [1.54, 1.807) is 0 Å². The summed E-state index contributed by atoms with van der Waals surface area (Å²) >= 11 is 0. The normalized spacial score (nSPS) is 26.4. The molecule has 2 bridgehead atoms. The molecule has 3 unspecified atom stereocenters. The highest BCUT2D eigenvalue weighted by Crippen LogP contribution is 2.38. The minimum absolute atomic E-state index is 0.0122. The van der Waals surface area contributed by atoms with E-state index in [-0.39, 0.29) is 12.1 Å². The topological polar surface area (TPSA) is 55.6 Å². The zero-order chi connectivity index (χ0) is 17.9. The predicted octanol–water partition coefficient (Wildman–Crippen LogP) is 3.43. The summed E-state index contributed by atoms with van der Waals surface area (Å²) in [6.07, 6.45) is 4.20. The Bertz CT molecular complexity index is 720. The van der Waals surface area contributed by atoms with Gasteiger partial charge in [-0.25, -0.2) is 4.79 Å². The molecule has 0 amide bonds. The molecule has 0 radical (unpaired) electrons. The van der Waals surface area contributed by atoms with Gasteiger partial charge in [-0.2, -0.15) is 0 Å². The Morgan fingerprint density at radius 1 is 1.00 bits per heavy atom. The minimum Gasteiger partial charge on any atom is -0.461 e. The summed E-state index contributed by atoms with van der Waals surface area (Å²) in [4.78, 5) is 15.1. The van der Waals surface area contributed by atoms with Gasteiger partial charge in [-0.15, -0.1) is 0 Å². The molecule has 3 atom stereocenters. The number of nitrogens with two attached hydrogens (primary N) is 1. The van der Waals surface area contributed by atoms with Crippen LogP contribution in [-0.2, 0) is 16.1 Å². The van der Waals surface area contributed by atoms with Crippen molar-refractivity contribution in [1.82, 2.24) is 4.90 Å². The lowest BCUT2D eigenvalue weighted by molar-refractivity contribution is -0.154. The Hall–Kier alpha value is -2.17. The molecule has 4 nitrogen and oxygen atoms in total. The fraction of sp³-hybridized carbons (Fsp3) is 0.409. The second-order valence-corrected chi connectivity index (χ2v) is 7.46. The molecule has 2 aromatic rings. The van der Waals surface area contributed by atoms with E-state index in [2.05, 4.69) is 35.2 Å². The first kappa shape index (κ1) is 17.3. The zero-order valence-electron chi connectivity index (χ0n) is 15.0. The van der Waals surface area contributed by atoms with Crippen molar-refractivity contribution in [3.8, 4) is 0 Å². The van der Waals surface area contributed by atoms with Crippen molar-refractivity contribution in [2.45, 2.75) is 56.5 Å². The number of rotatable bonds is 5. The van der Waals surface area contributed by atoms with Gasteiger partial charge in [0.15, 0.2) is 0 Å². The average Bonchev–Trinajstić information content (AvgIpc) is 2.91. The molecule has 0 aliphatic carbocycles. The number of carbonyl (C=O) groups excluding carboxylic acids is 1. The van der Waals surface area contributed by atoms with Crippen LogP contribution in [0.15, 0.2) is 60.7 Å². The van der Waals surface area contributed by atoms with E-state index in [4.69, 9.17) is 10.5 Å². The SMILES string of the molecule is NC(C(=O)OC1CC2CCC(C1)N2Cc1ccccc1)c1ccccc1. The lowest BCUT2D eigenvalue weighted by Crippen LogP contribution is -2.45. The van der Waals surface area contributed by atoms with Crippen molar-refractivity contribution in [2.24, 2.45) is 5.73 Å². The van der Waals surface area contributed by atoms with Crippen molar-refractivity contribution in [3.63, 3.8) is 0 Å². The third-order valence-electron chi connectivity index (χ3n) is 5.74. The Labute approximate surface area is 155 Å². The van der Waals surface area contributed by atoms with E-state index in [0.717, 1.165) is 24.9 Å². The van der Waals surface area contributed by atoms with E-state index in [9.17, 15) is 4.79 Å². The standard InChI is InChI=1S/C22H26N2O2/c23-21(17-9-5-2-6-10-17)22(25)26-20-13-18-11-12-19(14-20)24(18)15-16-7-3-1-4-8-16/h1-10,18-21H,11-15,23H2. The molecule has 2 N–H and O–H groups in total. The number of esters is 1. The maximum Gasteiger partial charge on any atom is 0.327 e. The fourth-order valence-corrected chi connectivity index (χ4v) is 4.41. The maximum absolute atomic E-state index is 12.5. The van der Waals surface area contributed by atoms with Gasteiger partial charge in [-0.3, -0.25) is 4.90 Å². The van der Waals surface area contributed by atoms with Crippen molar-refractivity contribution in [1.29, 1.82) is 0 Å². The maximum atomic E-state index is 12.5. The van der Waals surface area contributed by atoms with Crippen LogP contribution in [0.2, 0.25) is 0 Å². The van der Waals surface area contributed by atoms with Crippen LogP contribution in [0.1, 0.15) is 42.9 Å². The van der Waals surface area contributed by atoms with Crippen LogP contribution in [0.4, 0.5) is 0 Å². The van der Waals surface area contributed by atoms with Gasteiger partial charge < -0.3 is 10.5 Å². The van der Waals surface area contributed by atoms with Gasteiger partial charge in [0.2, 0.25) is 0 Å². The molecule has 0 spiro atoms. The lowest BCUT2D eigenvalue weighted by Gasteiger charge is -2.38. The largest absolute Gasteiger partial charge is 0.461 e. The number of piperidine rings is 1. The fourth-order valence-electron chi connectivity index (χ4n) is 4.41. The summed E-state index contributed by atoms with van der Waals surface area (Å²) in [5.74, 6) is -0.308. The van der Waals surface area contributed by atoms with Crippen molar-refractivity contribution in [3.05, 3.63) is 71.8 Å². The second-order valence-electron chi connectivity index (χ2n) is 7.46. The molecule has 0 aromatic heterocycles. The Morgan fingerprint density at radius 2 is 1.58 bits per heavy atom. The predicted molar refractivity (Wildman–Crippen MR) is 101 cm³/mol. The molecule has 2 aromatic carbocycles. The van der Waals surface area contributed by atoms with Gasteiger partial charge in [-0.1, -0.05) is 60.7 Å². The smallest absolute Gasteiger partial charge is 0.327 e. The quantitative estimate of drug-likeness (QED) is 0.840. The summed E-state index contributed by atoms with van der Waals surface area (Å²) in [5, 5.41) is 0. The van der Waals surface area contributed by atoms with Crippen LogP contribution >= 0.6 is 0 Å². The summed E-state index contributed by atoms with van der Waals surface area (Å²) in [6, 6.07) is 20.4. The second kappa shape index (κ2) is 7.60. The number of fused-ring (bicyclic) bond motifs is 2. The summed E-state index contributed by atoms with van der Waals surface area (Å²) in [6.45, 7) is 0.986. The van der Waals surface area contributed by atoms with Crippen molar-refractivity contribution >= 4 is 5.97 Å². The highest BCUT2D eigenvalue weighted by Gasteiger charge is 2.42. The molecule has 136 valence electrons. The zero-order valence-corrected chi connectivity index (χ0v) is 15.0. The van der Waals surface area contributed by atoms with Gasteiger partial charge in [-0.05, 0) is 24.0 Å². The van der Waals surface area contributed by atoms with Crippen LogP contribution in [0.5, 0.6) is 0 Å². The van der Waals surface area contributed by atoms with Gasteiger partial charge in [0.05, 0.1) is 0 Å². The first-order chi connectivity index (χ1) is 12.7. The summed E-state index contributed by atoms with van der Waals surface area (Å²) in [7, 11) is 0. The number of nitrogens with zero attached hydrogens (tertiary/aromatic N) is 1.